The van der Waals surface area contributed by atoms with Gasteiger partial charge in [0.15, 0.2) is 0 Å². The molecule has 0 radical (unpaired) electrons. The van der Waals surface area contributed by atoms with Crippen LogP contribution in [0.2, 0.25) is 0 Å². The third-order valence-corrected chi connectivity index (χ3v) is 6.57. The average Bonchev–Trinajstić information content (AvgIpc) is 2.84. The first kappa shape index (κ1) is 21.7. The highest BCUT2D eigenvalue weighted by Crippen LogP contribution is 2.26. The fourth-order valence-electron chi connectivity index (χ4n) is 4.33. The van der Waals surface area contributed by atoms with Gasteiger partial charge in [-0.1, -0.05) is 45.8 Å². The topological polar surface area (TPSA) is 49.3 Å². The molecule has 0 spiro atoms. The summed E-state index contributed by atoms with van der Waals surface area (Å²) >= 11 is 3.55. The molecule has 5 nitrogen and oxygen atoms in total. The number of aryl methyl sites for hydroxylation is 1. The molecule has 3 heterocycles. The highest BCUT2D eigenvalue weighted by Gasteiger charge is 2.24. The Morgan fingerprint density at radius 2 is 1.79 bits per heavy atom. The van der Waals surface area contributed by atoms with Crippen molar-refractivity contribution in [1.82, 2.24) is 19.8 Å². The molecular weight excluding hydrogens is 476 g/mol. The van der Waals surface area contributed by atoms with Crippen LogP contribution < -0.4 is 0 Å². The average molecular weight is 501 g/mol. The summed E-state index contributed by atoms with van der Waals surface area (Å²) in [7, 11) is 0. The highest BCUT2D eigenvalue weighted by molar-refractivity contribution is 9.10. The third kappa shape index (κ3) is 4.82. The second-order valence-electron chi connectivity index (χ2n) is 8.49. The van der Waals surface area contributed by atoms with Crippen LogP contribution in [-0.2, 0) is 6.54 Å². The number of aromatic nitrogens is 2. The van der Waals surface area contributed by atoms with E-state index in [1.54, 1.807) is 6.20 Å². The number of fused-ring (bicyclic) bond motifs is 1. The van der Waals surface area contributed by atoms with Crippen molar-refractivity contribution in [2.24, 2.45) is 0 Å². The fraction of sp³-hybridized carbons (Fsp3) is 0.222. The van der Waals surface area contributed by atoms with Gasteiger partial charge in [0, 0.05) is 48.8 Å². The van der Waals surface area contributed by atoms with Gasteiger partial charge in [0.2, 0.25) is 0 Å². The first-order valence-corrected chi connectivity index (χ1v) is 11.9. The maximum atomic E-state index is 13.7. The van der Waals surface area contributed by atoms with E-state index in [1.807, 2.05) is 54.3 Å². The number of carbonyl (C=O) groups excluding carboxylic acids is 1. The molecule has 4 aromatic rings. The number of piperazine rings is 1. The molecule has 33 heavy (non-hydrogen) atoms. The van der Waals surface area contributed by atoms with Crippen molar-refractivity contribution in [1.29, 1.82) is 0 Å². The van der Waals surface area contributed by atoms with Crippen LogP contribution in [0.1, 0.15) is 21.5 Å². The minimum atomic E-state index is 0.0623. The van der Waals surface area contributed by atoms with E-state index in [4.69, 9.17) is 4.98 Å². The van der Waals surface area contributed by atoms with Crippen LogP contribution >= 0.6 is 15.9 Å². The van der Waals surface area contributed by atoms with Gasteiger partial charge in [0.05, 0.1) is 22.5 Å². The van der Waals surface area contributed by atoms with Crippen LogP contribution in [0, 0.1) is 6.92 Å². The third-order valence-electron chi connectivity index (χ3n) is 6.08. The Kier molecular flexibility index (Phi) is 6.20. The predicted octanol–water partition coefficient (Wildman–Crippen LogP) is 5.33. The summed E-state index contributed by atoms with van der Waals surface area (Å²) in [5.41, 5.74) is 5.41. The van der Waals surface area contributed by atoms with Crippen LogP contribution in [0.5, 0.6) is 0 Å². The Hall–Kier alpha value is -3.09. The molecule has 5 rings (SSSR count). The Labute approximate surface area is 202 Å². The summed E-state index contributed by atoms with van der Waals surface area (Å²) < 4.78 is 1.09. The first-order valence-electron chi connectivity index (χ1n) is 11.2. The number of benzene rings is 2. The lowest BCUT2D eigenvalue weighted by Crippen LogP contribution is -2.48. The Morgan fingerprint density at radius 3 is 2.55 bits per heavy atom. The van der Waals surface area contributed by atoms with E-state index in [0.717, 1.165) is 52.0 Å². The van der Waals surface area contributed by atoms with Gasteiger partial charge in [-0.3, -0.25) is 14.7 Å². The van der Waals surface area contributed by atoms with Gasteiger partial charge in [0.25, 0.3) is 5.91 Å². The van der Waals surface area contributed by atoms with Crippen molar-refractivity contribution in [3.63, 3.8) is 0 Å². The van der Waals surface area contributed by atoms with Crippen molar-refractivity contribution >= 4 is 32.7 Å². The molecule has 1 aliphatic rings. The van der Waals surface area contributed by atoms with E-state index in [2.05, 4.69) is 50.1 Å². The molecule has 0 atom stereocenters. The number of hydrogen-bond acceptors (Lipinski definition) is 4. The second-order valence-corrected chi connectivity index (χ2v) is 9.40. The molecule has 0 saturated carbocycles. The molecule has 1 fully saturated rings. The zero-order valence-electron chi connectivity index (χ0n) is 18.5. The van der Waals surface area contributed by atoms with Gasteiger partial charge < -0.3 is 4.90 Å². The van der Waals surface area contributed by atoms with Crippen molar-refractivity contribution in [2.75, 3.05) is 26.2 Å². The standard InChI is InChI=1S/C27H25BrN4O/c1-19-8-9-24-22(15-19)23(17-26(30-24)25-7-2-3-10-29-25)27(33)32-13-11-31(12-14-32)18-20-5-4-6-21(28)16-20/h2-10,15-17H,11-14,18H2,1H3. The second kappa shape index (κ2) is 9.41. The van der Waals surface area contributed by atoms with Crippen LogP contribution in [0.25, 0.3) is 22.3 Å². The smallest absolute Gasteiger partial charge is 0.254 e. The van der Waals surface area contributed by atoms with Crippen molar-refractivity contribution in [3.05, 3.63) is 94.1 Å². The minimum Gasteiger partial charge on any atom is -0.336 e. The normalized spacial score (nSPS) is 14.5. The molecule has 6 heteroatoms. The molecule has 0 aliphatic carbocycles. The van der Waals surface area contributed by atoms with Crippen LogP contribution in [0.3, 0.4) is 0 Å². The monoisotopic (exact) mass is 500 g/mol. The zero-order valence-corrected chi connectivity index (χ0v) is 20.1. The number of carbonyl (C=O) groups is 1. The van der Waals surface area contributed by atoms with E-state index in [0.29, 0.717) is 18.7 Å². The Balaban J connectivity index is 1.39. The number of pyridine rings is 2. The summed E-state index contributed by atoms with van der Waals surface area (Å²) in [5.74, 6) is 0.0623. The van der Waals surface area contributed by atoms with Gasteiger partial charge in [-0.05, 0) is 55.0 Å². The van der Waals surface area contributed by atoms with Crippen LogP contribution in [-0.4, -0.2) is 51.9 Å². The molecule has 2 aromatic heterocycles. The van der Waals surface area contributed by atoms with Crippen LogP contribution in [0.4, 0.5) is 0 Å². The van der Waals surface area contributed by atoms with Crippen LogP contribution in [0.15, 0.2) is 77.4 Å². The Morgan fingerprint density at radius 1 is 0.939 bits per heavy atom. The maximum absolute atomic E-state index is 13.7. The first-order chi connectivity index (χ1) is 16.1. The number of rotatable bonds is 4. The molecule has 2 aromatic carbocycles. The molecule has 0 N–H and O–H groups in total. The number of amides is 1. The number of halogens is 1. The van der Waals surface area contributed by atoms with Gasteiger partial charge in [-0.2, -0.15) is 0 Å². The summed E-state index contributed by atoms with van der Waals surface area (Å²) in [6.45, 7) is 6.06. The van der Waals surface area contributed by atoms with Crippen molar-refractivity contribution < 1.29 is 4.79 Å². The Bertz CT molecular complexity index is 1300. The van der Waals surface area contributed by atoms with E-state index in [-0.39, 0.29) is 5.91 Å². The maximum Gasteiger partial charge on any atom is 0.254 e. The lowest BCUT2D eigenvalue weighted by molar-refractivity contribution is 0.0630. The minimum absolute atomic E-state index is 0.0623. The zero-order chi connectivity index (χ0) is 22.8. The van der Waals surface area contributed by atoms with Gasteiger partial charge in [0.1, 0.15) is 0 Å². The predicted molar refractivity (Wildman–Crippen MR) is 135 cm³/mol. The summed E-state index contributed by atoms with van der Waals surface area (Å²) in [6.07, 6.45) is 1.75. The molecule has 1 saturated heterocycles. The fourth-order valence-corrected chi connectivity index (χ4v) is 4.78. The van der Waals surface area contributed by atoms with E-state index >= 15 is 0 Å². The van der Waals surface area contributed by atoms with E-state index in [1.165, 1.54) is 5.56 Å². The molecule has 0 bridgehead atoms. The SMILES string of the molecule is Cc1ccc2nc(-c3ccccn3)cc(C(=O)N3CCN(Cc4cccc(Br)c4)CC3)c2c1. The summed E-state index contributed by atoms with van der Waals surface area (Å²) in [4.78, 5) is 27.3. The van der Waals surface area contributed by atoms with Gasteiger partial charge >= 0.3 is 0 Å². The summed E-state index contributed by atoms with van der Waals surface area (Å²) in [5, 5.41) is 0.899. The molecule has 166 valence electrons. The quantitative estimate of drug-likeness (QED) is 0.380. The number of nitrogens with zero attached hydrogens (tertiary/aromatic N) is 4. The lowest BCUT2D eigenvalue weighted by Gasteiger charge is -2.35. The summed E-state index contributed by atoms with van der Waals surface area (Å²) in [6, 6.07) is 22.1. The van der Waals surface area contributed by atoms with Gasteiger partial charge in [-0.25, -0.2) is 4.98 Å². The van der Waals surface area contributed by atoms with Gasteiger partial charge in [-0.15, -0.1) is 0 Å². The largest absolute Gasteiger partial charge is 0.336 e. The number of hydrogen-bond donors (Lipinski definition) is 0. The lowest BCUT2D eigenvalue weighted by atomic mass is 10.0. The molecule has 0 unspecified atom stereocenters. The van der Waals surface area contributed by atoms with E-state index < -0.39 is 0 Å². The van der Waals surface area contributed by atoms with Crippen molar-refractivity contribution in [2.45, 2.75) is 13.5 Å². The highest BCUT2D eigenvalue weighted by atomic mass is 79.9. The molecule has 1 amide bonds. The van der Waals surface area contributed by atoms with E-state index in [9.17, 15) is 4.79 Å². The molecule has 1 aliphatic heterocycles. The molecular formula is C27H25BrN4O. The van der Waals surface area contributed by atoms with Crippen molar-refractivity contribution in [3.8, 4) is 11.4 Å².